The normalized spacial score (nSPS) is 16.6. The van der Waals surface area contributed by atoms with Crippen LogP contribution in [-0.2, 0) is 11.3 Å². The predicted molar refractivity (Wildman–Crippen MR) is 76.1 cm³/mol. The molecule has 19 heavy (non-hydrogen) atoms. The van der Waals surface area contributed by atoms with Crippen molar-refractivity contribution in [2.75, 3.05) is 33.2 Å². The van der Waals surface area contributed by atoms with Crippen LogP contribution < -0.4 is 5.32 Å². The van der Waals surface area contributed by atoms with Gasteiger partial charge in [-0.2, -0.15) is 0 Å². The van der Waals surface area contributed by atoms with E-state index in [1.807, 2.05) is 10.3 Å². The molecule has 2 rings (SSSR count). The van der Waals surface area contributed by atoms with Crippen molar-refractivity contribution in [1.82, 2.24) is 20.1 Å². The van der Waals surface area contributed by atoms with Gasteiger partial charge in [0.1, 0.15) is 5.01 Å². The standard InChI is InChI=1S/C12H19N5OS/c1-10(18)16-4-6-17(7-5-16)12(13-2)15-9-11-14-3-8-19-11/h3,8H,4-7,9H2,1-2H3,(H,13,15). The average molecular weight is 281 g/mol. The van der Waals surface area contributed by atoms with Crippen LogP contribution in [0.2, 0.25) is 0 Å². The average Bonchev–Trinajstić information content (AvgIpc) is 2.93. The summed E-state index contributed by atoms with van der Waals surface area (Å²) in [4.78, 5) is 23.8. The summed E-state index contributed by atoms with van der Waals surface area (Å²) in [6.45, 7) is 5.46. The van der Waals surface area contributed by atoms with E-state index >= 15 is 0 Å². The Morgan fingerprint density at radius 1 is 1.42 bits per heavy atom. The molecule has 0 aliphatic carbocycles. The highest BCUT2D eigenvalue weighted by Gasteiger charge is 2.20. The van der Waals surface area contributed by atoms with Gasteiger partial charge in [0.25, 0.3) is 0 Å². The first-order valence-electron chi connectivity index (χ1n) is 6.30. The highest BCUT2D eigenvalue weighted by atomic mass is 32.1. The molecule has 1 aliphatic rings. The zero-order valence-corrected chi connectivity index (χ0v) is 12.1. The largest absolute Gasteiger partial charge is 0.350 e. The van der Waals surface area contributed by atoms with E-state index in [0.717, 1.165) is 37.1 Å². The number of carbonyl (C=O) groups is 1. The van der Waals surface area contributed by atoms with Crippen LogP contribution in [0.3, 0.4) is 0 Å². The smallest absolute Gasteiger partial charge is 0.219 e. The van der Waals surface area contributed by atoms with E-state index in [2.05, 4.69) is 20.2 Å². The SMILES string of the molecule is CN=C(NCc1nccs1)N1CCN(C(C)=O)CC1. The van der Waals surface area contributed by atoms with Gasteiger partial charge in [0.05, 0.1) is 6.54 Å². The number of guanidine groups is 1. The lowest BCUT2D eigenvalue weighted by atomic mass is 10.3. The molecule has 2 heterocycles. The van der Waals surface area contributed by atoms with E-state index in [1.54, 1.807) is 31.5 Å². The molecule has 1 amide bonds. The van der Waals surface area contributed by atoms with E-state index < -0.39 is 0 Å². The van der Waals surface area contributed by atoms with Gasteiger partial charge in [0.15, 0.2) is 5.96 Å². The Morgan fingerprint density at radius 2 is 2.11 bits per heavy atom. The van der Waals surface area contributed by atoms with Crippen molar-refractivity contribution < 1.29 is 4.79 Å². The summed E-state index contributed by atoms with van der Waals surface area (Å²) in [5.74, 6) is 1.02. The Balaban J connectivity index is 1.84. The summed E-state index contributed by atoms with van der Waals surface area (Å²) in [6, 6.07) is 0. The number of aliphatic imine (C=N–C) groups is 1. The zero-order valence-electron chi connectivity index (χ0n) is 11.3. The third kappa shape index (κ3) is 3.66. The zero-order chi connectivity index (χ0) is 13.7. The van der Waals surface area contributed by atoms with Gasteiger partial charge in [0, 0.05) is 51.7 Å². The molecular formula is C12H19N5OS. The minimum atomic E-state index is 0.144. The van der Waals surface area contributed by atoms with E-state index in [0.29, 0.717) is 6.54 Å². The van der Waals surface area contributed by atoms with Gasteiger partial charge in [-0.1, -0.05) is 0 Å². The van der Waals surface area contributed by atoms with Crippen molar-refractivity contribution >= 4 is 23.2 Å². The lowest BCUT2D eigenvalue weighted by Gasteiger charge is -2.36. The second-order valence-electron chi connectivity index (χ2n) is 4.32. The first kappa shape index (κ1) is 13.8. The number of carbonyl (C=O) groups excluding carboxylic acids is 1. The number of amides is 1. The minimum absolute atomic E-state index is 0.144. The minimum Gasteiger partial charge on any atom is -0.350 e. The Hall–Kier alpha value is -1.63. The third-order valence-corrected chi connectivity index (χ3v) is 3.90. The molecule has 1 aromatic heterocycles. The fraction of sp³-hybridized carbons (Fsp3) is 0.583. The van der Waals surface area contributed by atoms with Crippen LogP contribution in [-0.4, -0.2) is 59.9 Å². The number of hydrogen-bond donors (Lipinski definition) is 1. The van der Waals surface area contributed by atoms with Crippen molar-refractivity contribution in [2.45, 2.75) is 13.5 Å². The van der Waals surface area contributed by atoms with E-state index in [-0.39, 0.29) is 5.91 Å². The summed E-state index contributed by atoms with van der Waals surface area (Å²) in [5.41, 5.74) is 0. The number of piperazine rings is 1. The van der Waals surface area contributed by atoms with Crippen LogP contribution in [0.5, 0.6) is 0 Å². The molecule has 0 atom stereocenters. The van der Waals surface area contributed by atoms with Crippen molar-refractivity contribution in [1.29, 1.82) is 0 Å². The van der Waals surface area contributed by atoms with Crippen LogP contribution in [0.4, 0.5) is 0 Å². The van der Waals surface area contributed by atoms with E-state index in [4.69, 9.17) is 0 Å². The first-order valence-corrected chi connectivity index (χ1v) is 7.18. The number of nitrogens with one attached hydrogen (secondary N) is 1. The van der Waals surface area contributed by atoms with E-state index in [1.165, 1.54) is 0 Å². The van der Waals surface area contributed by atoms with Crippen molar-refractivity contribution in [3.05, 3.63) is 16.6 Å². The maximum absolute atomic E-state index is 11.3. The summed E-state index contributed by atoms with van der Waals surface area (Å²) in [7, 11) is 1.78. The number of rotatable bonds is 2. The van der Waals surface area contributed by atoms with Gasteiger partial charge >= 0.3 is 0 Å². The molecule has 104 valence electrons. The second-order valence-corrected chi connectivity index (χ2v) is 5.30. The maximum atomic E-state index is 11.3. The Kier molecular flexibility index (Phi) is 4.73. The van der Waals surface area contributed by atoms with Crippen LogP contribution >= 0.6 is 11.3 Å². The molecular weight excluding hydrogens is 262 g/mol. The molecule has 1 aliphatic heterocycles. The van der Waals surface area contributed by atoms with Crippen molar-refractivity contribution in [3.8, 4) is 0 Å². The molecule has 1 fully saturated rings. The molecule has 7 heteroatoms. The van der Waals surface area contributed by atoms with Gasteiger partial charge in [-0.15, -0.1) is 11.3 Å². The van der Waals surface area contributed by atoms with Crippen molar-refractivity contribution in [2.24, 2.45) is 4.99 Å². The molecule has 0 unspecified atom stereocenters. The molecule has 0 radical (unpaired) electrons. The van der Waals surface area contributed by atoms with Gasteiger partial charge in [-0.05, 0) is 0 Å². The van der Waals surface area contributed by atoms with Gasteiger partial charge < -0.3 is 15.1 Å². The highest BCUT2D eigenvalue weighted by Crippen LogP contribution is 2.05. The summed E-state index contributed by atoms with van der Waals surface area (Å²) in [5, 5.41) is 6.31. The predicted octanol–water partition coefficient (Wildman–Crippen LogP) is 0.383. The topological polar surface area (TPSA) is 60.8 Å². The molecule has 0 aromatic carbocycles. The van der Waals surface area contributed by atoms with Crippen LogP contribution in [0, 0.1) is 0 Å². The Morgan fingerprint density at radius 3 is 2.63 bits per heavy atom. The van der Waals surface area contributed by atoms with Crippen LogP contribution in [0.1, 0.15) is 11.9 Å². The van der Waals surface area contributed by atoms with Crippen LogP contribution in [0.15, 0.2) is 16.6 Å². The van der Waals surface area contributed by atoms with Crippen molar-refractivity contribution in [3.63, 3.8) is 0 Å². The fourth-order valence-corrected chi connectivity index (χ4v) is 2.62. The van der Waals surface area contributed by atoms with Crippen LogP contribution in [0.25, 0.3) is 0 Å². The molecule has 6 nitrogen and oxygen atoms in total. The Bertz CT molecular complexity index is 437. The highest BCUT2D eigenvalue weighted by molar-refractivity contribution is 7.09. The Labute approximate surface area is 117 Å². The molecule has 0 spiro atoms. The lowest BCUT2D eigenvalue weighted by Crippen LogP contribution is -2.53. The summed E-state index contributed by atoms with van der Waals surface area (Å²) < 4.78 is 0. The number of aromatic nitrogens is 1. The second kappa shape index (κ2) is 6.51. The maximum Gasteiger partial charge on any atom is 0.219 e. The molecule has 1 saturated heterocycles. The monoisotopic (exact) mass is 281 g/mol. The van der Waals surface area contributed by atoms with Gasteiger partial charge in [0.2, 0.25) is 5.91 Å². The lowest BCUT2D eigenvalue weighted by molar-refractivity contribution is -0.130. The summed E-state index contributed by atoms with van der Waals surface area (Å²) in [6.07, 6.45) is 1.80. The molecule has 1 aromatic rings. The molecule has 0 saturated carbocycles. The van der Waals surface area contributed by atoms with E-state index in [9.17, 15) is 4.79 Å². The fourth-order valence-electron chi connectivity index (χ4n) is 2.06. The number of hydrogen-bond acceptors (Lipinski definition) is 4. The third-order valence-electron chi connectivity index (χ3n) is 3.12. The molecule has 0 bridgehead atoms. The molecule has 1 N–H and O–H groups in total. The number of thiazole rings is 1. The summed E-state index contributed by atoms with van der Waals surface area (Å²) >= 11 is 1.63. The number of nitrogens with zero attached hydrogens (tertiary/aromatic N) is 4. The van der Waals surface area contributed by atoms with Gasteiger partial charge in [-0.25, -0.2) is 4.98 Å². The first-order chi connectivity index (χ1) is 9.20. The van der Waals surface area contributed by atoms with Gasteiger partial charge in [-0.3, -0.25) is 9.79 Å². The quantitative estimate of drug-likeness (QED) is 0.629.